The predicted molar refractivity (Wildman–Crippen MR) is 265 cm³/mol. The van der Waals surface area contributed by atoms with Crippen molar-refractivity contribution in [1.82, 2.24) is 24.1 Å². The van der Waals surface area contributed by atoms with Crippen molar-refractivity contribution in [2.24, 2.45) is 0 Å². The molecule has 9 aromatic carbocycles. The molecular weight excluding hydrogens is 807 g/mol. The Labute approximate surface area is 380 Å². The van der Waals surface area contributed by atoms with Gasteiger partial charge in [-0.3, -0.25) is 0 Å². The molecule has 306 valence electrons. The smallest absolute Gasteiger partial charge is 0.166 e. The molecule has 12 rings (SSSR count). The summed E-state index contributed by atoms with van der Waals surface area (Å²) in [5.74, 6) is 1.67. The molecule has 0 saturated heterocycles. The summed E-state index contributed by atoms with van der Waals surface area (Å²) >= 11 is 0. The molecule has 7 nitrogen and oxygen atoms in total. The lowest BCUT2D eigenvalue weighted by Crippen LogP contribution is -2.04. The van der Waals surface area contributed by atoms with Crippen LogP contribution in [-0.2, 0) is 0 Å². The number of para-hydroxylation sites is 3. The first-order valence-corrected chi connectivity index (χ1v) is 21.7. The van der Waals surface area contributed by atoms with Crippen molar-refractivity contribution in [1.29, 1.82) is 10.5 Å². The summed E-state index contributed by atoms with van der Waals surface area (Å²) in [6.07, 6.45) is 0. The third kappa shape index (κ3) is 6.39. The Morgan fingerprint density at radius 1 is 0.333 bits per heavy atom. The fourth-order valence-corrected chi connectivity index (χ4v) is 9.45. The Morgan fingerprint density at radius 2 is 0.879 bits per heavy atom. The number of fused-ring (bicyclic) bond motifs is 6. The van der Waals surface area contributed by atoms with Gasteiger partial charge in [0.05, 0.1) is 51.0 Å². The van der Waals surface area contributed by atoms with Crippen LogP contribution < -0.4 is 0 Å². The average Bonchev–Trinajstić information content (AvgIpc) is 3.91. The minimum atomic E-state index is 0.433. The predicted octanol–water partition coefficient (Wildman–Crippen LogP) is 14.1. The second kappa shape index (κ2) is 15.7. The maximum atomic E-state index is 9.90. The molecule has 7 heteroatoms. The molecule has 12 aromatic rings. The van der Waals surface area contributed by atoms with Gasteiger partial charge in [-0.25, -0.2) is 15.0 Å². The largest absolute Gasteiger partial charge is 0.309 e. The van der Waals surface area contributed by atoms with E-state index in [4.69, 9.17) is 15.0 Å². The fourth-order valence-electron chi connectivity index (χ4n) is 9.45. The molecular formula is C59H35N7. The van der Waals surface area contributed by atoms with Gasteiger partial charge in [-0.1, -0.05) is 146 Å². The quantitative estimate of drug-likeness (QED) is 0.159. The maximum absolute atomic E-state index is 9.90. The highest BCUT2D eigenvalue weighted by Gasteiger charge is 2.23. The van der Waals surface area contributed by atoms with E-state index in [1.54, 1.807) is 6.07 Å². The monoisotopic (exact) mass is 841 g/mol. The van der Waals surface area contributed by atoms with Crippen LogP contribution in [0.4, 0.5) is 0 Å². The highest BCUT2D eigenvalue weighted by Crippen LogP contribution is 2.43. The molecule has 0 aliphatic rings. The molecule has 3 aromatic heterocycles. The fraction of sp³-hybridized carbons (Fsp3) is 0. The summed E-state index contributed by atoms with van der Waals surface area (Å²) in [5, 5.41) is 24.3. The topological polar surface area (TPSA) is 96.1 Å². The van der Waals surface area contributed by atoms with E-state index in [0.29, 0.717) is 28.6 Å². The van der Waals surface area contributed by atoms with Gasteiger partial charge < -0.3 is 9.13 Å². The second-order valence-electron chi connectivity index (χ2n) is 16.3. The number of benzene rings is 9. The lowest BCUT2D eigenvalue weighted by Gasteiger charge is -2.17. The minimum absolute atomic E-state index is 0.433. The first-order chi connectivity index (χ1) is 32.6. The van der Waals surface area contributed by atoms with Crippen LogP contribution in [0.25, 0.3) is 111 Å². The number of nitriles is 2. The Morgan fingerprint density at radius 3 is 1.55 bits per heavy atom. The Hall–Kier alpha value is -9.43. The van der Waals surface area contributed by atoms with Crippen LogP contribution in [0, 0.1) is 22.7 Å². The molecule has 0 N–H and O–H groups in total. The summed E-state index contributed by atoms with van der Waals surface area (Å²) in [6.45, 7) is 0. The van der Waals surface area contributed by atoms with E-state index in [1.807, 2.05) is 78.9 Å². The van der Waals surface area contributed by atoms with Crippen molar-refractivity contribution in [3.8, 4) is 79.9 Å². The average molecular weight is 842 g/mol. The lowest BCUT2D eigenvalue weighted by molar-refractivity contribution is 1.06. The van der Waals surface area contributed by atoms with Gasteiger partial charge in [-0.05, 0) is 89.0 Å². The molecule has 0 amide bonds. The van der Waals surface area contributed by atoms with E-state index < -0.39 is 0 Å². The molecule has 0 radical (unpaired) electrons. The van der Waals surface area contributed by atoms with Gasteiger partial charge in [0.15, 0.2) is 17.5 Å². The molecule has 0 bridgehead atoms. The molecule has 0 spiro atoms. The molecule has 3 heterocycles. The first kappa shape index (κ1) is 38.3. The number of nitrogens with zero attached hydrogens (tertiary/aromatic N) is 7. The summed E-state index contributed by atoms with van der Waals surface area (Å²) in [5.41, 5.74) is 13.4. The van der Waals surface area contributed by atoms with Crippen LogP contribution in [0.2, 0.25) is 0 Å². The molecule has 0 aliphatic carbocycles. The van der Waals surface area contributed by atoms with Crippen LogP contribution in [-0.4, -0.2) is 24.1 Å². The van der Waals surface area contributed by atoms with Gasteiger partial charge in [0.1, 0.15) is 0 Å². The Balaban J connectivity index is 1.17. The van der Waals surface area contributed by atoms with Gasteiger partial charge >= 0.3 is 0 Å². The van der Waals surface area contributed by atoms with E-state index in [2.05, 4.69) is 149 Å². The molecule has 0 atom stereocenters. The number of hydrogen-bond donors (Lipinski definition) is 0. The van der Waals surface area contributed by atoms with Crippen molar-refractivity contribution in [3.63, 3.8) is 0 Å². The third-order valence-electron chi connectivity index (χ3n) is 12.4. The standard InChI is InChI=1S/C59H35N7/c60-36-38-31-39(37-61)33-44(32-38)42-27-29-48-47-21-10-12-24-51(47)66(55(48)35-42)53-30-28-43(46-23-14-26-54-56(46)49-22-11-13-25-52(49)65(54)45-19-8-3-9-20-45)34-50(53)59-63-57(40-15-4-1-5-16-40)62-58(64-59)41-17-6-2-7-18-41/h1-35H. The van der Waals surface area contributed by atoms with E-state index in [9.17, 15) is 10.5 Å². The van der Waals surface area contributed by atoms with Crippen LogP contribution in [0.3, 0.4) is 0 Å². The molecule has 66 heavy (non-hydrogen) atoms. The highest BCUT2D eigenvalue weighted by atomic mass is 15.1. The summed E-state index contributed by atoms with van der Waals surface area (Å²) in [6, 6.07) is 77.0. The van der Waals surface area contributed by atoms with E-state index in [-0.39, 0.29) is 0 Å². The van der Waals surface area contributed by atoms with Gasteiger partial charge in [0.25, 0.3) is 0 Å². The van der Waals surface area contributed by atoms with Crippen LogP contribution in [0.5, 0.6) is 0 Å². The first-order valence-electron chi connectivity index (χ1n) is 21.7. The lowest BCUT2D eigenvalue weighted by atomic mass is 9.96. The Bertz CT molecular complexity index is 3860. The molecule has 0 aliphatic heterocycles. The van der Waals surface area contributed by atoms with Crippen molar-refractivity contribution >= 4 is 43.6 Å². The van der Waals surface area contributed by atoms with Gasteiger partial charge in [0.2, 0.25) is 0 Å². The zero-order chi connectivity index (χ0) is 44.1. The summed E-state index contributed by atoms with van der Waals surface area (Å²) < 4.78 is 4.64. The summed E-state index contributed by atoms with van der Waals surface area (Å²) in [4.78, 5) is 15.7. The highest BCUT2D eigenvalue weighted by molar-refractivity contribution is 6.16. The zero-order valence-corrected chi connectivity index (χ0v) is 35.3. The van der Waals surface area contributed by atoms with E-state index in [0.717, 1.165) is 93.9 Å². The van der Waals surface area contributed by atoms with Crippen LogP contribution in [0.1, 0.15) is 11.1 Å². The molecule has 0 unspecified atom stereocenters. The zero-order valence-electron chi connectivity index (χ0n) is 35.3. The number of aromatic nitrogens is 5. The van der Waals surface area contributed by atoms with Gasteiger partial charge in [0, 0.05) is 43.9 Å². The van der Waals surface area contributed by atoms with Gasteiger partial charge in [-0.15, -0.1) is 0 Å². The molecule has 0 fully saturated rings. The number of rotatable bonds is 7. The minimum Gasteiger partial charge on any atom is -0.309 e. The van der Waals surface area contributed by atoms with Crippen molar-refractivity contribution in [3.05, 3.63) is 223 Å². The maximum Gasteiger partial charge on any atom is 0.166 e. The second-order valence-corrected chi connectivity index (χ2v) is 16.3. The number of hydrogen-bond acceptors (Lipinski definition) is 5. The van der Waals surface area contributed by atoms with Crippen molar-refractivity contribution in [2.45, 2.75) is 0 Å². The normalized spacial score (nSPS) is 11.3. The van der Waals surface area contributed by atoms with Crippen LogP contribution in [0.15, 0.2) is 212 Å². The van der Waals surface area contributed by atoms with Gasteiger partial charge in [-0.2, -0.15) is 10.5 Å². The summed E-state index contributed by atoms with van der Waals surface area (Å²) in [7, 11) is 0. The van der Waals surface area contributed by atoms with Crippen LogP contribution >= 0.6 is 0 Å². The Kier molecular flexibility index (Phi) is 9.12. The van der Waals surface area contributed by atoms with Crippen molar-refractivity contribution < 1.29 is 0 Å². The van der Waals surface area contributed by atoms with E-state index >= 15 is 0 Å². The SMILES string of the molecule is N#Cc1cc(C#N)cc(-c2ccc3c4ccccc4n(-c4ccc(-c5cccc6c5c5ccccc5n6-c5ccccc5)cc4-c4nc(-c5ccccc5)nc(-c5ccccc5)n4)c3c2)c1. The van der Waals surface area contributed by atoms with E-state index in [1.165, 1.54) is 0 Å². The van der Waals surface area contributed by atoms with Crippen molar-refractivity contribution in [2.75, 3.05) is 0 Å². The molecule has 0 saturated carbocycles. The third-order valence-corrected chi connectivity index (χ3v) is 12.4.